The van der Waals surface area contributed by atoms with Crippen molar-refractivity contribution in [3.63, 3.8) is 0 Å². The number of hydrogen-bond donors (Lipinski definition) is 1. The van der Waals surface area contributed by atoms with Crippen molar-refractivity contribution in [1.29, 1.82) is 0 Å². The van der Waals surface area contributed by atoms with Crippen LogP contribution < -0.4 is 0 Å². The molecule has 1 saturated heterocycles. The van der Waals surface area contributed by atoms with Crippen LogP contribution in [0.5, 0.6) is 0 Å². The SMILES string of the molecule is O=C(c1cccc(S)c1)N1CC2CCCC2C1. The summed E-state index contributed by atoms with van der Waals surface area (Å²) in [5.74, 6) is 1.70. The van der Waals surface area contributed by atoms with Crippen molar-refractivity contribution in [2.45, 2.75) is 24.2 Å². The lowest BCUT2D eigenvalue weighted by Gasteiger charge is -2.17. The van der Waals surface area contributed by atoms with Gasteiger partial charge in [0.05, 0.1) is 0 Å². The van der Waals surface area contributed by atoms with Crippen LogP contribution in [-0.2, 0) is 0 Å². The third-order valence-electron chi connectivity index (χ3n) is 4.11. The molecule has 2 aliphatic rings. The molecule has 0 aromatic heterocycles. The fourth-order valence-corrected chi connectivity index (χ4v) is 3.45. The minimum atomic E-state index is 0.176. The number of nitrogens with zero attached hydrogens (tertiary/aromatic N) is 1. The summed E-state index contributed by atoms with van der Waals surface area (Å²) in [7, 11) is 0. The number of carbonyl (C=O) groups excluding carboxylic acids is 1. The van der Waals surface area contributed by atoms with Crippen molar-refractivity contribution in [2.24, 2.45) is 11.8 Å². The van der Waals surface area contributed by atoms with Crippen molar-refractivity contribution < 1.29 is 4.79 Å². The second-order valence-corrected chi connectivity index (χ2v) is 5.73. The Kier molecular flexibility index (Phi) is 2.87. The summed E-state index contributed by atoms with van der Waals surface area (Å²) in [4.78, 5) is 15.2. The molecule has 0 spiro atoms. The number of benzene rings is 1. The van der Waals surface area contributed by atoms with Crippen molar-refractivity contribution in [3.8, 4) is 0 Å². The quantitative estimate of drug-likeness (QED) is 0.757. The van der Waals surface area contributed by atoms with Gasteiger partial charge in [-0.2, -0.15) is 0 Å². The van der Waals surface area contributed by atoms with Crippen LogP contribution in [0.15, 0.2) is 29.2 Å². The molecular weight excluding hydrogens is 230 g/mol. The second-order valence-electron chi connectivity index (χ2n) is 5.21. The zero-order chi connectivity index (χ0) is 11.8. The third-order valence-corrected chi connectivity index (χ3v) is 4.38. The third kappa shape index (κ3) is 2.08. The van der Waals surface area contributed by atoms with E-state index in [1.165, 1.54) is 19.3 Å². The lowest BCUT2D eigenvalue weighted by molar-refractivity contribution is 0.0780. The molecule has 1 heterocycles. The number of amides is 1. The van der Waals surface area contributed by atoms with E-state index in [0.717, 1.165) is 35.4 Å². The summed E-state index contributed by atoms with van der Waals surface area (Å²) in [5, 5.41) is 0. The molecule has 3 rings (SSSR count). The monoisotopic (exact) mass is 247 g/mol. The van der Waals surface area contributed by atoms with E-state index in [9.17, 15) is 4.79 Å². The Balaban J connectivity index is 1.75. The molecule has 0 N–H and O–H groups in total. The zero-order valence-corrected chi connectivity index (χ0v) is 10.7. The van der Waals surface area contributed by atoms with Gasteiger partial charge in [0.2, 0.25) is 0 Å². The topological polar surface area (TPSA) is 20.3 Å². The summed E-state index contributed by atoms with van der Waals surface area (Å²) in [6.45, 7) is 1.92. The van der Waals surface area contributed by atoms with Crippen LogP contribution in [0.1, 0.15) is 29.6 Å². The molecule has 1 saturated carbocycles. The highest BCUT2D eigenvalue weighted by Gasteiger charge is 2.38. The molecule has 90 valence electrons. The maximum atomic E-state index is 12.3. The fraction of sp³-hybridized carbons (Fsp3) is 0.500. The van der Waals surface area contributed by atoms with Gasteiger partial charge in [0.25, 0.3) is 5.91 Å². The van der Waals surface area contributed by atoms with E-state index in [1.807, 2.05) is 29.2 Å². The van der Waals surface area contributed by atoms with Gasteiger partial charge in [-0.1, -0.05) is 12.5 Å². The highest BCUT2D eigenvalue weighted by atomic mass is 32.1. The molecule has 3 heteroatoms. The van der Waals surface area contributed by atoms with Crippen LogP contribution in [0.4, 0.5) is 0 Å². The average Bonchev–Trinajstić information content (AvgIpc) is 2.88. The largest absolute Gasteiger partial charge is 0.338 e. The Morgan fingerprint density at radius 1 is 1.24 bits per heavy atom. The Labute approximate surface area is 107 Å². The van der Waals surface area contributed by atoms with Gasteiger partial charge in [-0.05, 0) is 42.9 Å². The number of fused-ring (bicyclic) bond motifs is 1. The van der Waals surface area contributed by atoms with E-state index in [-0.39, 0.29) is 5.91 Å². The number of thiol groups is 1. The predicted molar refractivity (Wildman–Crippen MR) is 70.4 cm³/mol. The average molecular weight is 247 g/mol. The normalized spacial score (nSPS) is 27.2. The molecule has 1 aromatic carbocycles. The molecule has 1 amide bonds. The molecule has 2 nitrogen and oxygen atoms in total. The summed E-state index contributed by atoms with van der Waals surface area (Å²) in [5.41, 5.74) is 0.775. The first kappa shape index (κ1) is 11.1. The highest BCUT2D eigenvalue weighted by molar-refractivity contribution is 7.80. The number of likely N-dealkylation sites (tertiary alicyclic amines) is 1. The second kappa shape index (κ2) is 4.37. The first-order valence-electron chi connectivity index (χ1n) is 6.32. The zero-order valence-electron chi connectivity index (χ0n) is 9.80. The van der Waals surface area contributed by atoms with Crippen LogP contribution in [0, 0.1) is 11.8 Å². The maximum absolute atomic E-state index is 12.3. The van der Waals surface area contributed by atoms with Gasteiger partial charge < -0.3 is 4.90 Å². The lowest BCUT2D eigenvalue weighted by atomic mass is 10.0. The van der Waals surface area contributed by atoms with E-state index in [1.54, 1.807) is 0 Å². The van der Waals surface area contributed by atoms with E-state index in [2.05, 4.69) is 12.6 Å². The van der Waals surface area contributed by atoms with Crippen LogP contribution in [0.25, 0.3) is 0 Å². The molecule has 2 atom stereocenters. The van der Waals surface area contributed by atoms with Crippen molar-refractivity contribution in [3.05, 3.63) is 29.8 Å². The Morgan fingerprint density at radius 2 is 1.94 bits per heavy atom. The molecule has 2 fully saturated rings. The van der Waals surface area contributed by atoms with Gasteiger partial charge in [0.1, 0.15) is 0 Å². The van der Waals surface area contributed by atoms with Crippen LogP contribution in [0.3, 0.4) is 0 Å². The molecule has 0 bridgehead atoms. The number of hydrogen-bond acceptors (Lipinski definition) is 2. The molecule has 1 aliphatic carbocycles. The van der Waals surface area contributed by atoms with Crippen LogP contribution in [0.2, 0.25) is 0 Å². The standard InChI is InChI=1S/C14H17NOS/c16-14(10-3-2-6-13(17)7-10)15-8-11-4-1-5-12(11)9-15/h2-3,6-7,11-12,17H,1,4-5,8-9H2. The fourth-order valence-electron chi connectivity index (χ4n) is 3.22. The minimum absolute atomic E-state index is 0.176. The highest BCUT2D eigenvalue weighted by Crippen LogP contribution is 2.38. The van der Waals surface area contributed by atoms with E-state index in [4.69, 9.17) is 0 Å². The van der Waals surface area contributed by atoms with Crippen LogP contribution in [-0.4, -0.2) is 23.9 Å². The minimum Gasteiger partial charge on any atom is -0.338 e. The first-order valence-corrected chi connectivity index (χ1v) is 6.77. The number of carbonyl (C=O) groups is 1. The van der Waals surface area contributed by atoms with Gasteiger partial charge in [-0.15, -0.1) is 12.6 Å². The predicted octanol–water partition coefficient (Wildman–Crippen LogP) is 2.85. The maximum Gasteiger partial charge on any atom is 0.253 e. The van der Waals surface area contributed by atoms with E-state index >= 15 is 0 Å². The summed E-state index contributed by atoms with van der Waals surface area (Å²) >= 11 is 4.29. The molecule has 2 unspecified atom stereocenters. The van der Waals surface area contributed by atoms with Gasteiger partial charge in [-0.3, -0.25) is 4.79 Å². The molecule has 1 aliphatic heterocycles. The Hall–Kier alpha value is -0.960. The van der Waals surface area contributed by atoms with Gasteiger partial charge >= 0.3 is 0 Å². The molecule has 17 heavy (non-hydrogen) atoms. The summed E-state index contributed by atoms with van der Waals surface area (Å²) < 4.78 is 0. The Morgan fingerprint density at radius 3 is 2.59 bits per heavy atom. The molecule has 0 radical (unpaired) electrons. The van der Waals surface area contributed by atoms with Gasteiger partial charge in [-0.25, -0.2) is 0 Å². The van der Waals surface area contributed by atoms with Gasteiger partial charge in [0.15, 0.2) is 0 Å². The lowest BCUT2D eigenvalue weighted by Crippen LogP contribution is -2.29. The van der Waals surface area contributed by atoms with Crippen molar-refractivity contribution >= 4 is 18.5 Å². The first-order chi connectivity index (χ1) is 8.24. The smallest absolute Gasteiger partial charge is 0.253 e. The van der Waals surface area contributed by atoms with Crippen LogP contribution >= 0.6 is 12.6 Å². The molecular formula is C14H17NOS. The Bertz CT molecular complexity index is 434. The summed E-state index contributed by atoms with van der Waals surface area (Å²) in [6, 6.07) is 7.54. The van der Waals surface area contributed by atoms with E-state index in [0.29, 0.717) is 0 Å². The van der Waals surface area contributed by atoms with E-state index < -0.39 is 0 Å². The van der Waals surface area contributed by atoms with Crippen molar-refractivity contribution in [2.75, 3.05) is 13.1 Å². The van der Waals surface area contributed by atoms with Gasteiger partial charge in [0, 0.05) is 23.5 Å². The molecule has 1 aromatic rings. The number of rotatable bonds is 1. The summed E-state index contributed by atoms with van der Waals surface area (Å²) in [6.07, 6.45) is 3.96. The van der Waals surface area contributed by atoms with Crippen molar-refractivity contribution in [1.82, 2.24) is 4.90 Å².